The maximum Gasteiger partial charge on any atom is 0.293 e. The number of ether oxygens (including phenoxy) is 1. The lowest BCUT2D eigenvalue weighted by molar-refractivity contribution is -0.142. The van der Waals surface area contributed by atoms with E-state index in [2.05, 4.69) is 49.5 Å². The number of fused-ring (bicyclic) bond motifs is 1. The van der Waals surface area contributed by atoms with Crippen molar-refractivity contribution in [2.75, 3.05) is 0 Å². The summed E-state index contributed by atoms with van der Waals surface area (Å²) in [5.41, 5.74) is -0.318. The molecule has 1 aliphatic heterocycles. The number of carbonyl (C=O) groups excluding carboxylic acids is 2. The zero-order valence-electron chi connectivity index (χ0n) is 17.8. The molecule has 0 radical (unpaired) electrons. The minimum atomic E-state index is -0.318. The predicted molar refractivity (Wildman–Crippen MR) is 107 cm³/mol. The summed E-state index contributed by atoms with van der Waals surface area (Å²) in [6.45, 7) is 15.0. The van der Waals surface area contributed by atoms with Gasteiger partial charge in [-0.25, -0.2) is 0 Å². The van der Waals surface area contributed by atoms with Crippen LogP contribution in [0.4, 0.5) is 0 Å². The number of carbonyl (C=O) groups is 2. The maximum atomic E-state index is 12.4. The molecule has 4 nitrogen and oxygen atoms in total. The van der Waals surface area contributed by atoms with Gasteiger partial charge in [0.1, 0.15) is 5.60 Å². The first kappa shape index (κ1) is 22.7. The first-order chi connectivity index (χ1) is 12.1. The molecule has 0 aromatic rings. The highest BCUT2D eigenvalue weighted by Gasteiger charge is 2.39. The Morgan fingerprint density at radius 1 is 1.35 bits per heavy atom. The minimum absolute atomic E-state index is 0.318. The lowest BCUT2D eigenvalue weighted by Gasteiger charge is -2.45. The number of allylic oxidation sites excluding steroid dienone is 1. The van der Waals surface area contributed by atoms with Crippen LogP contribution in [0.15, 0.2) is 12.2 Å². The number of hydrogen-bond acceptors (Lipinski definition) is 3. The van der Waals surface area contributed by atoms with Crippen molar-refractivity contribution >= 4 is 12.4 Å². The third-order valence-corrected chi connectivity index (χ3v) is 5.34. The topological polar surface area (TPSA) is 46.6 Å². The highest BCUT2D eigenvalue weighted by molar-refractivity contribution is 5.78. The molecule has 150 valence electrons. The zero-order chi connectivity index (χ0) is 19.9. The van der Waals surface area contributed by atoms with Crippen molar-refractivity contribution in [2.45, 2.75) is 98.3 Å². The van der Waals surface area contributed by atoms with E-state index in [0.717, 1.165) is 25.2 Å². The fourth-order valence-corrected chi connectivity index (χ4v) is 4.11. The van der Waals surface area contributed by atoms with Crippen LogP contribution in [0.3, 0.4) is 0 Å². The van der Waals surface area contributed by atoms with Crippen molar-refractivity contribution < 1.29 is 14.3 Å². The average Bonchev–Trinajstić information content (AvgIpc) is 2.70. The first-order valence-corrected chi connectivity index (χ1v) is 10.2. The maximum absolute atomic E-state index is 12.4. The third-order valence-electron chi connectivity index (χ3n) is 5.34. The van der Waals surface area contributed by atoms with Gasteiger partial charge in [0.05, 0.1) is 6.04 Å². The molecular weight excluding hydrogens is 326 g/mol. The lowest BCUT2D eigenvalue weighted by Crippen LogP contribution is -2.54. The smallest absolute Gasteiger partial charge is 0.293 e. The van der Waals surface area contributed by atoms with Gasteiger partial charge in [0.25, 0.3) is 6.47 Å². The van der Waals surface area contributed by atoms with Crippen molar-refractivity contribution in [1.29, 1.82) is 0 Å². The highest BCUT2D eigenvalue weighted by atomic mass is 16.5. The van der Waals surface area contributed by atoms with E-state index in [1.165, 1.54) is 12.8 Å². The molecule has 4 atom stereocenters. The van der Waals surface area contributed by atoms with Crippen LogP contribution in [0.1, 0.15) is 80.6 Å². The summed E-state index contributed by atoms with van der Waals surface area (Å²) in [5.74, 6) is 2.36. The van der Waals surface area contributed by atoms with E-state index in [1.54, 1.807) is 0 Å². The van der Waals surface area contributed by atoms with E-state index >= 15 is 0 Å². The van der Waals surface area contributed by atoms with Gasteiger partial charge in [0.15, 0.2) is 0 Å². The predicted octanol–water partition coefficient (Wildman–Crippen LogP) is 4.97. The molecule has 26 heavy (non-hydrogen) atoms. The van der Waals surface area contributed by atoms with Gasteiger partial charge in [0.2, 0.25) is 5.91 Å². The summed E-state index contributed by atoms with van der Waals surface area (Å²) in [7, 11) is 0. The summed E-state index contributed by atoms with van der Waals surface area (Å²) >= 11 is 0. The molecule has 0 aromatic heterocycles. The summed E-state index contributed by atoms with van der Waals surface area (Å²) in [5, 5.41) is 0. The highest BCUT2D eigenvalue weighted by Crippen LogP contribution is 2.36. The van der Waals surface area contributed by atoms with Crippen LogP contribution in [-0.2, 0) is 14.3 Å². The van der Waals surface area contributed by atoms with E-state index < -0.39 is 0 Å². The molecule has 0 aromatic carbocycles. The van der Waals surface area contributed by atoms with Gasteiger partial charge in [-0.3, -0.25) is 9.59 Å². The Hall–Kier alpha value is -1.32. The Labute approximate surface area is 160 Å². The Bertz CT molecular complexity index is 478. The fraction of sp³-hybridized carbons (Fsp3) is 0.818. The molecule has 0 spiro atoms. The van der Waals surface area contributed by atoms with Gasteiger partial charge in [-0.1, -0.05) is 39.8 Å². The van der Waals surface area contributed by atoms with Crippen molar-refractivity contribution in [1.82, 2.24) is 4.90 Å². The molecule has 4 heteroatoms. The van der Waals surface area contributed by atoms with Gasteiger partial charge in [-0.15, -0.1) is 0 Å². The number of amides is 1. The monoisotopic (exact) mass is 365 g/mol. The largest absolute Gasteiger partial charge is 0.462 e. The standard InChI is InChI=1S/C17H29NO.C5H10O2/c1-5-15(12(2)3)18-16-8-6-7-13(4)11-14(16)9-10-17(18)19;1-5(2,3)7-4-6/h6,8,12-16H,5,7,9-11H2,1-4H3;4H,1-3H3/t13-,14-,15?,16+;/m1./s1. The van der Waals surface area contributed by atoms with Gasteiger partial charge < -0.3 is 9.64 Å². The van der Waals surface area contributed by atoms with Crippen LogP contribution in [0.2, 0.25) is 0 Å². The molecule has 1 fully saturated rings. The van der Waals surface area contributed by atoms with Gasteiger partial charge >= 0.3 is 0 Å². The molecule has 0 saturated carbocycles. The van der Waals surface area contributed by atoms with Gasteiger partial charge in [-0.2, -0.15) is 0 Å². The quantitative estimate of drug-likeness (QED) is 0.522. The zero-order valence-corrected chi connectivity index (χ0v) is 17.8. The molecule has 2 aliphatic rings. The number of hydrogen-bond donors (Lipinski definition) is 0. The molecule has 0 N–H and O–H groups in total. The molecule has 1 aliphatic carbocycles. The Kier molecular flexibility index (Phi) is 8.85. The second-order valence-electron chi connectivity index (χ2n) is 9.14. The second-order valence-corrected chi connectivity index (χ2v) is 9.14. The van der Waals surface area contributed by atoms with Crippen molar-refractivity contribution in [2.24, 2.45) is 17.8 Å². The van der Waals surface area contributed by atoms with Crippen molar-refractivity contribution in [3.8, 4) is 0 Å². The first-order valence-electron chi connectivity index (χ1n) is 10.2. The Balaban J connectivity index is 0.000000412. The van der Waals surface area contributed by atoms with Crippen LogP contribution < -0.4 is 0 Å². The SMILES string of the molecule is CC(C)(C)OC=O.CCC(C(C)C)N1C(=O)CC[C@@H]2C[C@H](C)CC=C[C@@H]21. The summed E-state index contributed by atoms with van der Waals surface area (Å²) in [4.78, 5) is 24.3. The summed E-state index contributed by atoms with van der Waals surface area (Å²) in [6, 6.07) is 0.761. The van der Waals surface area contributed by atoms with E-state index in [4.69, 9.17) is 0 Å². The molecule has 1 saturated heterocycles. The number of likely N-dealkylation sites (tertiary alicyclic amines) is 1. The number of piperidine rings is 1. The van der Waals surface area contributed by atoms with Gasteiger partial charge in [-0.05, 0) is 64.2 Å². The van der Waals surface area contributed by atoms with E-state index in [-0.39, 0.29) is 5.60 Å². The van der Waals surface area contributed by atoms with Crippen LogP contribution in [-0.4, -0.2) is 35.0 Å². The summed E-state index contributed by atoms with van der Waals surface area (Å²) in [6.07, 6.45) is 10.00. The molecular formula is C22H39NO3. The second kappa shape index (κ2) is 10.1. The molecule has 1 unspecified atom stereocenters. The van der Waals surface area contributed by atoms with Crippen molar-refractivity contribution in [3.63, 3.8) is 0 Å². The minimum Gasteiger partial charge on any atom is -0.462 e. The average molecular weight is 366 g/mol. The lowest BCUT2D eigenvalue weighted by atomic mass is 9.81. The fourth-order valence-electron chi connectivity index (χ4n) is 4.11. The van der Waals surface area contributed by atoms with Crippen LogP contribution in [0.25, 0.3) is 0 Å². The number of nitrogens with zero attached hydrogens (tertiary/aromatic N) is 1. The molecule has 0 bridgehead atoms. The van der Waals surface area contributed by atoms with Crippen LogP contribution >= 0.6 is 0 Å². The molecule has 1 amide bonds. The van der Waals surface area contributed by atoms with Crippen LogP contribution in [0.5, 0.6) is 0 Å². The molecule has 1 heterocycles. The van der Waals surface area contributed by atoms with Crippen LogP contribution in [0, 0.1) is 17.8 Å². The number of rotatable bonds is 4. The Morgan fingerprint density at radius 2 is 2.00 bits per heavy atom. The summed E-state index contributed by atoms with van der Waals surface area (Å²) < 4.78 is 4.55. The molecule has 2 rings (SSSR count). The Morgan fingerprint density at radius 3 is 2.46 bits per heavy atom. The van der Waals surface area contributed by atoms with E-state index in [9.17, 15) is 9.59 Å². The normalized spacial score (nSPS) is 27.2. The van der Waals surface area contributed by atoms with Crippen molar-refractivity contribution in [3.05, 3.63) is 12.2 Å². The van der Waals surface area contributed by atoms with E-state index in [1.807, 2.05) is 20.8 Å². The third kappa shape index (κ3) is 6.77. The van der Waals surface area contributed by atoms with Gasteiger partial charge in [0, 0.05) is 12.5 Å². The van der Waals surface area contributed by atoms with E-state index in [0.29, 0.717) is 36.3 Å².